The number of amides is 1. The van der Waals surface area contributed by atoms with Gasteiger partial charge in [0.15, 0.2) is 0 Å². The number of hydrogen-bond acceptors (Lipinski definition) is 2. The van der Waals surface area contributed by atoms with E-state index in [2.05, 4.69) is 0 Å². The number of thiophene rings is 1. The van der Waals surface area contributed by atoms with Crippen LogP contribution in [0.25, 0.3) is 0 Å². The van der Waals surface area contributed by atoms with Gasteiger partial charge in [-0.2, -0.15) is 0 Å². The molecule has 1 aromatic carbocycles. The summed E-state index contributed by atoms with van der Waals surface area (Å²) in [7, 11) is 0. The van der Waals surface area contributed by atoms with Crippen molar-refractivity contribution in [1.29, 1.82) is 0 Å². The molecule has 3 rings (SSSR count). The van der Waals surface area contributed by atoms with E-state index in [9.17, 15) is 9.18 Å². The Morgan fingerprint density at radius 2 is 2.16 bits per heavy atom. The van der Waals surface area contributed by atoms with Crippen LogP contribution in [-0.4, -0.2) is 16.8 Å². The molecule has 1 heterocycles. The topological polar surface area (TPSA) is 20.3 Å². The van der Waals surface area contributed by atoms with E-state index < -0.39 is 0 Å². The van der Waals surface area contributed by atoms with Gasteiger partial charge in [-0.1, -0.05) is 12.1 Å². The highest BCUT2D eigenvalue weighted by molar-refractivity contribution is 7.09. The molecule has 0 bridgehead atoms. The first kappa shape index (κ1) is 12.4. The highest BCUT2D eigenvalue weighted by atomic mass is 32.1. The van der Waals surface area contributed by atoms with Gasteiger partial charge >= 0.3 is 0 Å². The van der Waals surface area contributed by atoms with Crippen LogP contribution in [0.1, 0.15) is 28.1 Å². The van der Waals surface area contributed by atoms with Crippen molar-refractivity contribution in [3.63, 3.8) is 0 Å². The Hall–Kier alpha value is -1.68. The molecule has 2 nitrogen and oxygen atoms in total. The second-order valence-corrected chi connectivity index (χ2v) is 5.79. The maximum atomic E-state index is 13.2. The molecule has 1 aromatic heterocycles. The summed E-state index contributed by atoms with van der Waals surface area (Å²) in [6, 6.07) is 10.3. The lowest BCUT2D eigenvalue weighted by Crippen LogP contribution is -2.32. The van der Waals surface area contributed by atoms with Crippen molar-refractivity contribution in [2.45, 2.75) is 25.4 Å². The van der Waals surface area contributed by atoms with E-state index in [0.29, 0.717) is 18.2 Å². The Labute approximate surface area is 115 Å². The quantitative estimate of drug-likeness (QED) is 0.833. The molecule has 0 atom stereocenters. The van der Waals surface area contributed by atoms with Gasteiger partial charge in [0.25, 0.3) is 5.91 Å². The average molecular weight is 275 g/mol. The van der Waals surface area contributed by atoms with Gasteiger partial charge in [-0.3, -0.25) is 4.79 Å². The number of hydrogen-bond donors (Lipinski definition) is 0. The highest BCUT2D eigenvalue weighted by Gasteiger charge is 2.33. The van der Waals surface area contributed by atoms with Crippen LogP contribution >= 0.6 is 11.3 Å². The van der Waals surface area contributed by atoms with E-state index in [0.717, 1.165) is 17.7 Å². The van der Waals surface area contributed by atoms with Gasteiger partial charge < -0.3 is 4.90 Å². The predicted molar refractivity (Wildman–Crippen MR) is 73.6 cm³/mol. The van der Waals surface area contributed by atoms with Crippen molar-refractivity contribution < 1.29 is 9.18 Å². The third-order valence-corrected chi connectivity index (χ3v) is 4.09. The maximum Gasteiger partial charge on any atom is 0.254 e. The summed E-state index contributed by atoms with van der Waals surface area (Å²) in [5.74, 6) is -0.437. The summed E-state index contributed by atoms with van der Waals surface area (Å²) in [4.78, 5) is 15.5. The molecule has 0 radical (unpaired) electrons. The van der Waals surface area contributed by atoms with Crippen LogP contribution in [0.4, 0.5) is 4.39 Å². The molecule has 1 aliphatic carbocycles. The molecule has 0 saturated heterocycles. The normalized spacial score (nSPS) is 14.4. The van der Waals surface area contributed by atoms with Crippen LogP contribution in [0.5, 0.6) is 0 Å². The molecule has 0 unspecified atom stereocenters. The minimum Gasteiger partial charge on any atom is -0.331 e. The number of nitrogens with zero attached hydrogens (tertiary/aromatic N) is 1. The van der Waals surface area contributed by atoms with Gasteiger partial charge in [-0.15, -0.1) is 11.3 Å². The van der Waals surface area contributed by atoms with Gasteiger partial charge in [0.05, 0.1) is 6.54 Å². The highest BCUT2D eigenvalue weighted by Crippen LogP contribution is 2.30. The number of halogens is 1. The first-order valence-corrected chi connectivity index (χ1v) is 7.21. The van der Waals surface area contributed by atoms with Gasteiger partial charge in [0.2, 0.25) is 0 Å². The van der Waals surface area contributed by atoms with Crippen LogP contribution in [0.15, 0.2) is 41.8 Å². The maximum absolute atomic E-state index is 13.2. The fraction of sp³-hybridized carbons (Fsp3) is 0.267. The Morgan fingerprint density at radius 3 is 2.79 bits per heavy atom. The van der Waals surface area contributed by atoms with E-state index in [4.69, 9.17) is 0 Å². The number of carbonyl (C=O) groups excluding carboxylic acids is 1. The molecule has 98 valence electrons. The molecule has 1 saturated carbocycles. The van der Waals surface area contributed by atoms with Crippen molar-refractivity contribution >= 4 is 17.2 Å². The van der Waals surface area contributed by atoms with Gasteiger partial charge in [-0.25, -0.2) is 4.39 Å². The van der Waals surface area contributed by atoms with Crippen LogP contribution in [0.2, 0.25) is 0 Å². The number of benzene rings is 1. The third kappa shape index (κ3) is 2.84. The van der Waals surface area contributed by atoms with Crippen molar-refractivity contribution in [3.8, 4) is 0 Å². The first-order chi connectivity index (χ1) is 9.24. The Balaban J connectivity index is 1.82. The Kier molecular flexibility index (Phi) is 3.34. The van der Waals surface area contributed by atoms with Crippen molar-refractivity contribution in [2.24, 2.45) is 0 Å². The molecule has 1 fully saturated rings. The zero-order valence-corrected chi connectivity index (χ0v) is 11.2. The lowest BCUT2D eigenvalue weighted by Gasteiger charge is -2.21. The van der Waals surface area contributed by atoms with Gasteiger partial charge in [0, 0.05) is 16.5 Å². The van der Waals surface area contributed by atoms with Crippen LogP contribution in [0, 0.1) is 5.82 Å². The third-order valence-electron chi connectivity index (χ3n) is 3.23. The molecule has 4 heteroatoms. The second kappa shape index (κ2) is 5.13. The summed E-state index contributed by atoms with van der Waals surface area (Å²) < 4.78 is 13.2. The van der Waals surface area contributed by atoms with Crippen LogP contribution in [-0.2, 0) is 6.54 Å². The molecule has 0 aliphatic heterocycles. The summed E-state index contributed by atoms with van der Waals surface area (Å²) in [6.45, 7) is 0.623. The molecule has 2 aromatic rings. The zero-order chi connectivity index (χ0) is 13.2. The molecule has 1 aliphatic rings. The summed E-state index contributed by atoms with van der Waals surface area (Å²) in [6.07, 6.45) is 2.10. The van der Waals surface area contributed by atoms with Gasteiger partial charge in [-0.05, 0) is 42.5 Å². The summed E-state index contributed by atoms with van der Waals surface area (Å²) in [5, 5.41) is 2.01. The van der Waals surface area contributed by atoms with Crippen molar-refractivity contribution in [3.05, 3.63) is 58.0 Å². The molecular weight excluding hydrogens is 261 g/mol. The zero-order valence-electron chi connectivity index (χ0n) is 10.4. The smallest absolute Gasteiger partial charge is 0.254 e. The minimum absolute atomic E-state index is 0.0737. The van der Waals surface area contributed by atoms with E-state index >= 15 is 0 Å². The fourth-order valence-electron chi connectivity index (χ4n) is 2.11. The first-order valence-electron chi connectivity index (χ1n) is 6.33. The van der Waals surface area contributed by atoms with Crippen LogP contribution < -0.4 is 0 Å². The van der Waals surface area contributed by atoms with E-state index in [1.807, 2.05) is 22.4 Å². The van der Waals surface area contributed by atoms with Crippen molar-refractivity contribution in [2.75, 3.05) is 0 Å². The lowest BCUT2D eigenvalue weighted by molar-refractivity contribution is 0.0731. The Bertz CT molecular complexity index is 578. The number of carbonyl (C=O) groups is 1. The monoisotopic (exact) mass is 275 g/mol. The molecular formula is C15H14FNOS. The van der Waals surface area contributed by atoms with Crippen molar-refractivity contribution in [1.82, 2.24) is 4.90 Å². The lowest BCUT2D eigenvalue weighted by atomic mass is 10.2. The second-order valence-electron chi connectivity index (χ2n) is 4.75. The largest absolute Gasteiger partial charge is 0.331 e. The molecule has 19 heavy (non-hydrogen) atoms. The molecule has 1 amide bonds. The summed E-state index contributed by atoms with van der Waals surface area (Å²) >= 11 is 1.64. The predicted octanol–water partition coefficient (Wildman–Crippen LogP) is 3.69. The Morgan fingerprint density at radius 1 is 1.32 bits per heavy atom. The average Bonchev–Trinajstić information content (AvgIpc) is 3.12. The summed E-state index contributed by atoms with van der Waals surface area (Å²) in [5.41, 5.74) is 0.434. The van der Waals surface area contributed by atoms with E-state index in [1.165, 1.54) is 12.1 Å². The SMILES string of the molecule is O=C(c1cccc(F)c1)N(Cc1cccs1)C1CC1. The molecule has 0 N–H and O–H groups in total. The van der Waals surface area contributed by atoms with Gasteiger partial charge in [0.1, 0.15) is 5.82 Å². The fourth-order valence-corrected chi connectivity index (χ4v) is 2.81. The standard InChI is InChI=1S/C15H14FNOS/c16-12-4-1-3-11(9-12)15(18)17(13-6-7-13)10-14-5-2-8-19-14/h1-5,8-9,13H,6-7,10H2. The van der Waals surface area contributed by atoms with E-state index in [-0.39, 0.29) is 11.7 Å². The minimum atomic E-state index is -0.363. The molecule has 0 spiro atoms. The number of rotatable bonds is 4. The van der Waals surface area contributed by atoms with E-state index in [1.54, 1.807) is 23.5 Å². The van der Waals surface area contributed by atoms with Crippen LogP contribution in [0.3, 0.4) is 0 Å².